The zero-order valence-electron chi connectivity index (χ0n) is 14.6. The Morgan fingerprint density at radius 3 is 2.52 bits per heavy atom. The zero-order chi connectivity index (χ0) is 17.4. The molecule has 1 aromatic carbocycles. The van der Waals surface area contributed by atoms with E-state index in [1.54, 1.807) is 19.1 Å². The molecule has 1 aromatic rings. The van der Waals surface area contributed by atoms with Crippen molar-refractivity contribution in [3.8, 4) is 5.75 Å². The molecule has 0 radical (unpaired) electrons. The van der Waals surface area contributed by atoms with Crippen LogP contribution in [0.15, 0.2) is 18.2 Å². The molecule has 0 spiro atoms. The van der Waals surface area contributed by atoms with Crippen LogP contribution < -0.4 is 10.1 Å². The average molecular weight is 321 g/mol. The molecule has 23 heavy (non-hydrogen) atoms. The smallest absolute Gasteiger partial charge is 0.307 e. The summed E-state index contributed by atoms with van der Waals surface area (Å²) in [7, 11) is 1.53. The van der Waals surface area contributed by atoms with Crippen LogP contribution in [0.3, 0.4) is 0 Å². The van der Waals surface area contributed by atoms with Gasteiger partial charge in [-0.05, 0) is 38.4 Å². The molecule has 0 heterocycles. The van der Waals surface area contributed by atoms with E-state index in [1.807, 2.05) is 26.8 Å². The number of Topliss-reactive ketones (excluding diaryl/α,β-unsaturated/α-hetero) is 1. The van der Waals surface area contributed by atoms with E-state index < -0.39 is 6.04 Å². The highest BCUT2D eigenvalue weighted by atomic mass is 16.5. The first-order chi connectivity index (χ1) is 10.9. The van der Waals surface area contributed by atoms with E-state index in [0.29, 0.717) is 30.4 Å². The number of hydrogen-bond donors (Lipinski definition) is 1. The summed E-state index contributed by atoms with van der Waals surface area (Å²) in [6.07, 6.45) is 0.0104. The maximum Gasteiger partial charge on any atom is 0.307 e. The largest absolute Gasteiger partial charge is 0.496 e. The molecule has 0 saturated heterocycles. The Bertz CT molecular complexity index is 540. The normalized spacial score (nSPS) is 12.1. The Balaban J connectivity index is 3.01. The Kier molecular flexibility index (Phi) is 7.75. The van der Waals surface area contributed by atoms with Crippen molar-refractivity contribution in [2.75, 3.05) is 20.3 Å². The minimum absolute atomic E-state index is 0.0104. The van der Waals surface area contributed by atoms with Crippen molar-refractivity contribution in [2.24, 2.45) is 5.92 Å². The quantitative estimate of drug-likeness (QED) is 0.560. The maximum absolute atomic E-state index is 12.9. The van der Waals surface area contributed by atoms with E-state index in [4.69, 9.17) is 9.47 Å². The lowest BCUT2D eigenvalue weighted by atomic mass is 9.98. The van der Waals surface area contributed by atoms with Gasteiger partial charge in [0.15, 0.2) is 5.78 Å². The number of carbonyl (C=O) groups is 2. The number of rotatable bonds is 9. The minimum atomic E-state index is -0.618. The van der Waals surface area contributed by atoms with Gasteiger partial charge >= 0.3 is 5.97 Å². The highest BCUT2D eigenvalue weighted by Crippen LogP contribution is 2.22. The molecule has 0 aromatic heterocycles. The SMILES string of the molecule is CCOC(=O)CC(NCC(C)C)C(=O)c1cc(C)ccc1OC. The summed E-state index contributed by atoms with van der Waals surface area (Å²) in [5.41, 5.74) is 1.45. The van der Waals surface area contributed by atoms with Crippen LogP contribution in [-0.4, -0.2) is 38.1 Å². The Labute approximate surface area is 138 Å². The Morgan fingerprint density at radius 1 is 1.26 bits per heavy atom. The monoisotopic (exact) mass is 321 g/mol. The van der Waals surface area contributed by atoms with Crippen molar-refractivity contribution >= 4 is 11.8 Å². The summed E-state index contributed by atoms with van der Waals surface area (Å²) >= 11 is 0. The molecule has 128 valence electrons. The Hall–Kier alpha value is -1.88. The highest BCUT2D eigenvalue weighted by Gasteiger charge is 2.26. The second-order valence-corrected chi connectivity index (χ2v) is 5.93. The minimum Gasteiger partial charge on any atom is -0.496 e. The number of esters is 1. The molecule has 5 nitrogen and oxygen atoms in total. The molecule has 0 aliphatic carbocycles. The second kappa shape index (κ2) is 9.30. The van der Waals surface area contributed by atoms with Crippen LogP contribution in [-0.2, 0) is 9.53 Å². The summed E-state index contributed by atoms with van der Waals surface area (Å²) in [5.74, 6) is 0.348. The van der Waals surface area contributed by atoms with Crippen molar-refractivity contribution in [2.45, 2.75) is 40.2 Å². The van der Waals surface area contributed by atoms with E-state index in [2.05, 4.69) is 5.32 Å². The standard InChI is InChI=1S/C18H27NO4/c1-6-23-17(20)10-15(19-11-12(2)3)18(21)14-9-13(4)7-8-16(14)22-5/h7-9,12,15,19H,6,10-11H2,1-5H3. The molecule has 0 bridgehead atoms. The number of benzene rings is 1. The third-order valence-electron chi connectivity index (χ3n) is 3.39. The molecule has 1 atom stereocenters. The molecule has 1 N–H and O–H groups in total. The first-order valence-electron chi connectivity index (χ1n) is 7.96. The number of carbonyl (C=O) groups excluding carboxylic acids is 2. The lowest BCUT2D eigenvalue weighted by Crippen LogP contribution is -2.41. The third-order valence-corrected chi connectivity index (χ3v) is 3.39. The summed E-state index contributed by atoms with van der Waals surface area (Å²) in [6, 6.07) is 4.83. The van der Waals surface area contributed by atoms with E-state index in [1.165, 1.54) is 7.11 Å². The molecule has 1 rings (SSSR count). The molecular weight excluding hydrogens is 294 g/mol. The summed E-state index contributed by atoms with van der Waals surface area (Å²) in [4.78, 5) is 24.7. The van der Waals surface area contributed by atoms with Gasteiger partial charge in [-0.25, -0.2) is 0 Å². The second-order valence-electron chi connectivity index (χ2n) is 5.93. The number of hydrogen-bond acceptors (Lipinski definition) is 5. The van der Waals surface area contributed by atoms with Crippen LogP contribution in [0.5, 0.6) is 5.75 Å². The van der Waals surface area contributed by atoms with Gasteiger partial charge in [0.2, 0.25) is 0 Å². The maximum atomic E-state index is 12.9. The molecule has 0 fully saturated rings. The van der Waals surface area contributed by atoms with Crippen molar-refractivity contribution < 1.29 is 19.1 Å². The number of ether oxygens (including phenoxy) is 2. The molecular formula is C18H27NO4. The number of nitrogens with one attached hydrogen (secondary N) is 1. The Morgan fingerprint density at radius 2 is 1.96 bits per heavy atom. The predicted molar refractivity (Wildman–Crippen MR) is 89.9 cm³/mol. The van der Waals surface area contributed by atoms with Crippen LogP contribution in [0.25, 0.3) is 0 Å². The van der Waals surface area contributed by atoms with Gasteiger partial charge < -0.3 is 14.8 Å². The number of methoxy groups -OCH3 is 1. The average Bonchev–Trinajstić information content (AvgIpc) is 2.50. The van der Waals surface area contributed by atoms with Crippen LogP contribution >= 0.6 is 0 Å². The summed E-state index contributed by atoms with van der Waals surface area (Å²) in [5, 5.41) is 3.17. The first-order valence-corrected chi connectivity index (χ1v) is 7.96. The topological polar surface area (TPSA) is 64.6 Å². The van der Waals surface area contributed by atoms with Gasteiger partial charge in [0, 0.05) is 0 Å². The first kappa shape index (κ1) is 19.2. The van der Waals surface area contributed by atoms with Gasteiger partial charge in [-0.15, -0.1) is 0 Å². The van der Waals surface area contributed by atoms with Crippen molar-refractivity contribution in [3.63, 3.8) is 0 Å². The number of ketones is 1. The summed E-state index contributed by atoms with van der Waals surface area (Å²) in [6.45, 7) is 8.71. The van der Waals surface area contributed by atoms with Gasteiger partial charge in [-0.1, -0.05) is 25.5 Å². The predicted octanol–water partition coefficient (Wildman–Crippen LogP) is 2.75. The fraction of sp³-hybridized carbons (Fsp3) is 0.556. The molecule has 1 unspecified atom stereocenters. The lowest BCUT2D eigenvalue weighted by molar-refractivity contribution is -0.143. The van der Waals surface area contributed by atoms with Crippen LogP contribution in [0.2, 0.25) is 0 Å². The van der Waals surface area contributed by atoms with E-state index in [0.717, 1.165) is 5.56 Å². The van der Waals surface area contributed by atoms with E-state index in [9.17, 15) is 9.59 Å². The summed E-state index contributed by atoms with van der Waals surface area (Å²) < 4.78 is 10.3. The van der Waals surface area contributed by atoms with E-state index >= 15 is 0 Å². The zero-order valence-corrected chi connectivity index (χ0v) is 14.6. The van der Waals surface area contributed by atoms with Crippen LogP contribution in [0.4, 0.5) is 0 Å². The van der Waals surface area contributed by atoms with Gasteiger partial charge in [-0.3, -0.25) is 9.59 Å². The van der Waals surface area contributed by atoms with Crippen LogP contribution in [0, 0.1) is 12.8 Å². The molecule has 0 amide bonds. The van der Waals surface area contributed by atoms with Crippen LogP contribution in [0.1, 0.15) is 43.1 Å². The molecule has 0 aliphatic rings. The highest BCUT2D eigenvalue weighted by molar-refractivity contribution is 6.04. The van der Waals surface area contributed by atoms with E-state index in [-0.39, 0.29) is 18.2 Å². The fourth-order valence-electron chi connectivity index (χ4n) is 2.22. The van der Waals surface area contributed by atoms with Crippen molar-refractivity contribution in [1.82, 2.24) is 5.32 Å². The molecule has 5 heteroatoms. The van der Waals surface area contributed by atoms with Gasteiger partial charge in [0.1, 0.15) is 5.75 Å². The van der Waals surface area contributed by atoms with Gasteiger partial charge in [0.25, 0.3) is 0 Å². The third kappa shape index (κ3) is 6.02. The molecule has 0 aliphatic heterocycles. The van der Waals surface area contributed by atoms with Gasteiger partial charge in [-0.2, -0.15) is 0 Å². The van der Waals surface area contributed by atoms with Gasteiger partial charge in [0.05, 0.1) is 31.7 Å². The molecule has 0 saturated carbocycles. The van der Waals surface area contributed by atoms with Crippen molar-refractivity contribution in [1.29, 1.82) is 0 Å². The lowest BCUT2D eigenvalue weighted by Gasteiger charge is -2.19. The number of aryl methyl sites for hydroxylation is 1. The fourth-order valence-corrected chi connectivity index (χ4v) is 2.22. The van der Waals surface area contributed by atoms with Crippen molar-refractivity contribution in [3.05, 3.63) is 29.3 Å².